The normalized spacial score (nSPS) is 15.0. The lowest BCUT2D eigenvalue weighted by Crippen LogP contribution is -2.23. The second-order valence-electron chi connectivity index (χ2n) is 6.05. The van der Waals surface area contributed by atoms with E-state index >= 15 is 0 Å². The van der Waals surface area contributed by atoms with Gasteiger partial charge in [-0.2, -0.15) is 0 Å². The number of benzene rings is 2. The molecule has 3 rings (SSSR count). The number of amides is 1. The predicted molar refractivity (Wildman–Crippen MR) is 88.7 cm³/mol. The molecule has 1 amide bonds. The lowest BCUT2D eigenvalue weighted by atomic mass is 9.93. The molecule has 0 aliphatic heterocycles. The Morgan fingerprint density at radius 1 is 1.13 bits per heavy atom. The van der Waals surface area contributed by atoms with Gasteiger partial charge < -0.3 is 10.4 Å². The Hall–Kier alpha value is -2.62. The highest BCUT2D eigenvalue weighted by Gasteiger charge is 2.37. The zero-order valence-electron chi connectivity index (χ0n) is 13.0. The number of carboxylic acid groups (broad SMARTS) is 1. The minimum absolute atomic E-state index is 0.0654. The molecule has 1 atom stereocenters. The van der Waals surface area contributed by atoms with Crippen LogP contribution in [-0.2, 0) is 4.79 Å². The number of nitrogens with one attached hydrogen (secondary N) is 1. The molecule has 1 saturated carbocycles. The van der Waals surface area contributed by atoms with Crippen LogP contribution in [0.15, 0.2) is 48.5 Å². The first-order valence-corrected chi connectivity index (χ1v) is 7.76. The minimum atomic E-state index is -0.998. The van der Waals surface area contributed by atoms with Gasteiger partial charge in [-0.3, -0.25) is 4.79 Å². The molecule has 0 aromatic heterocycles. The maximum Gasteiger partial charge on any atom is 0.335 e. The summed E-state index contributed by atoms with van der Waals surface area (Å²) in [5.74, 6) is -0.865. The van der Waals surface area contributed by atoms with Crippen LogP contribution < -0.4 is 5.32 Å². The quantitative estimate of drug-likeness (QED) is 0.882. The van der Waals surface area contributed by atoms with Gasteiger partial charge in [0.2, 0.25) is 5.91 Å². The highest BCUT2D eigenvalue weighted by molar-refractivity contribution is 5.98. The van der Waals surface area contributed by atoms with Crippen LogP contribution in [0.2, 0.25) is 0 Å². The Labute approximate surface area is 135 Å². The van der Waals surface area contributed by atoms with Gasteiger partial charge in [0.15, 0.2) is 0 Å². The van der Waals surface area contributed by atoms with E-state index in [1.54, 1.807) is 12.1 Å². The largest absolute Gasteiger partial charge is 0.478 e. The number of carboxylic acids is 1. The number of anilines is 1. The summed E-state index contributed by atoms with van der Waals surface area (Å²) >= 11 is 0. The zero-order chi connectivity index (χ0) is 16.4. The molecule has 1 aliphatic carbocycles. The second kappa shape index (κ2) is 6.24. The third kappa shape index (κ3) is 3.42. The van der Waals surface area contributed by atoms with E-state index in [2.05, 4.69) is 5.32 Å². The summed E-state index contributed by atoms with van der Waals surface area (Å²) in [7, 11) is 0. The smallest absolute Gasteiger partial charge is 0.335 e. The van der Waals surface area contributed by atoms with Gasteiger partial charge in [-0.05, 0) is 48.9 Å². The number of hydrogen-bond acceptors (Lipinski definition) is 2. The first-order chi connectivity index (χ1) is 11.1. The summed E-state index contributed by atoms with van der Waals surface area (Å²) in [4.78, 5) is 23.9. The van der Waals surface area contributed by atoms with E-state index in [1.807, 2.05) is 37.3 Å². The molecule has 2 aromatic rings. The van der Waals surface area contributed by atoms with Crippen molar-refractivity contribution in [2.45, 2.75) is 25.7 Å². The van der Waals surface area contributed by atoms with Gasteiger partial charge >= 0.3 is 5.97 Å². The van der Waals surface area contributed by atoms with Crippen LogP contribution in [0.5, 0.6) is 0 Å². The number of hydrogen-bond donors (Lipinski definition) is 2. The molecule has 2 aromatic carbocycles. The average Bonchev–Trinajstić information content (AvgIpc) is 3.35. The second-order valence-corrected chi connectivity index (χ2v) is 6.05. The van der Waals surface area contributed by atoms with Gasteiger partial charge in [-0.1, -0.05) is 36.4 Å². The monoisotopic (exact) mass is 309 g/mol. The fraction of sp³-hybridized carbons (Fsp3) is 0.263. The van der Waals surface area contributed by atoms with Crippen molar-refractivity contribution in [2.75, 3.05) is 5.32 Å². The van der Waals surface area contributed by atoms with Gasteiger partial charge in [-0.15, -0.1) is 0 Å². The molecule has 1 unspecified atom stereocenters. The van der Waals surface area contributed by atoms with Crippen molar-refractivity contribution in [1.29, 1.82) is 0 Å². The van der Waals surface area contributed by atoms with Crippen LogP contribution in [0, 0.1) is 12.8 Å². The van der Waals surface area contributed by atoms with Crippen molar-refractivity contribution in [3.63, 3.8) is 0 Å². The van der Waals surface area contributed by atoms with Crippen LogP contribution in [0.25, 0.3) is 0 Å². The predicted octanol–water partition coefficient (Wildman–Crippen LogP) is 3.83. The van der Waals surface area contributed by atoms with Crippen LogP contribution >= 0.6 is 0 Å². The van der Waals surface area contributed by atoms with E-state index < -0.39 is 5.97 Å². The molecular weight excluding hydrogens is 290 g/mol. The molecule has 1 aliphatic rings. The fourth-order valence-electron chi connectivity index (χ4n) is 2.83. The van der Waals surface area contributed by atoms with Crippen molar-refractivity contribution in [3.05, 3.63) is 65.2 Å². The molecule has 0 heterocycles. The Balaban J connectivity index is 1.85. The summed E-state index contributed by atoms with van der Waals surface area (Å²) in [6.07, 6.45) is 2.11. The van der Waals surface area contributed by atoms with Crippen LogP contribution in [-0.4, -0.2) is 17.0 Å². The maximum absolute atomic E-state index is 12.8. The van der Waals surface area contributed by atoms with Crippen molar-refractivity contribution >= 4 is 17.6 Å². The number of aromatic carboxylic acids is 1. The summed E-state index contributed by atoms with van der Waals surface area (Å²) in [6, 6.07) is 14.5. The standard InChI is InChI=1S/C19H19NO3/c1-12-7-8-15(19(22)23)11-16(12)20-18(21)17(14-9-10-14)13-5-3-2-4-6-13/h2-8,11,14,17H,9-10H2,1H3,(H,20,21)(H,22,23). The number of carbonyl (C=O) groups is 2. The van der Waals surface area contributed by atoms with Gasteiger partial charge in [-0.25, -0.2) is 4.79 Å². The molecule has 2 N–H and O–H groups in total. The van der Waals surface area contributed by atoms with Crippen molar-refractivity contribution in [2.24, 2.45) is 5.92 Å². The van der Waals surface area contributed by atoms with E-state index in [4.69, 9.17) is 5.11 Å². The Bertz CT molecular complexity index is 736. The summed E-state index contributed by atoms with van der Waals surface area (Å²) in [6.45, 7) is 1.86. The Morgan fingerprint density at radius 2 is 1.83 bits per heavy atom. The molecule has 0 radical (unpaired) electrons. The molecule has 0 spiro atoms. The topological polar surface area (TPSA) is 66.4 Å². The Kier molecular flexibility index (Phi) is 4.15. The highest BCUT2D eigenvalue weighted by Crippen LogP contribution is 2.43. The van der Waals surface area contributed by atoms with Crippen LogP contribution in [0.1, 0.15) is 40.2 Å². The third-order valence-electron chi connectivity index (χ3n) is 4.28. The molecule has 118 valence electrons. The molecule has 23 heavy (non-hydrogen) atoms. The lowest BCUT2D eigenvalue weighted by molar-refractivity contribution is -0.118. The van der Waals surface area contributed by atoms with Gasteiger partial charge in [0, 0.05) is 5.69 Å². The first-order valence-electron chi connectivity index (χ1n) is 7.76. The van der Waals surface area contributed by atoms with Crippen LogP contribution in [0.4, 0.5) is 5.69 Å². The van der Waals surface area contributed by atoms with E-state index in [9.17, 15) is 9.59 Å². The third-order valence-corrected chi connectivity index (χ3v) is 4.28. The fourth-order valence-corrected chi connectivity index (χ4v) is 2.83. The van der Waals surface area contributed by atoms with Crippen molar-refractivity contribution < 1.29 is 14.7 Å². The average molecular weight is 309 g/mol. The summed E-state index contributed by atoms with van der Waals surface area (Å²) in [5.41, 5.74) is 2.61. The van der Waals surface area contributed by atoms with E-state index in [-0.39, 0.29) is 17.4 Å². The maximum atomic E-state index is 12.8. The van der Waals surface area contributed by atoms with Crippen molar-refractivity contribution in [1.82, 2.24) is 0 Å². The van der Waals surface area contributed by atoms with E-state index in [1.165, 1.54) is 6.07 Å². The number of aryl methyl sites for hydroxylation is 1. The van der Waals surface area contributed by atoms with Gasteiger partial charge in [0.05, 0.1) is 11.5 Å². The Morgan fingerprint density at radius 3 is 2.43 bits per heavy atom. The molecular formula is C19H19NO3. The van der Waals surface area contributed by atoms with Gasteiger partial charge in [0.25, 0.3) is 0 Å². The molecule has 4 nitrogen and oxygen atoms in total. The first kappa shape index (κ1) is 15.3. The highest BCUT2D eigenvalue weighted by atomic mass is 16.4. The zero-order valence-corrected chi connectivity index (χ0v) is 13.0. The molecule has 1 fully saturated rings. The summed E-state index contributed by atoms with van der Waals surface area (Å²) in [5, 5.41) is 12.0. The molecule has 0 saturated heterocycles. The van der Waals surface area contributed by atoms with Crippen molar-refractivity contribution in [3.8, 4) is 0 Å². The lowest BCUT2D eigenvalue weighted by Gasteiger charge is -2.18. The minimum Gasteiger partial charge on any atom is -0.478 e. The van der Waals surface area contributed by atoms with E-state index in [0.29, 0.717) is 11.6 Å². The van der Waals surface area contributed by atoms with E-state index in [0.717, 1.165) is 24.0 Å². The molecule has 4 heteroatoms. The SMILES string of the molecule is Cc1ccc(C(=O)O)cc1NC(=O)C(c1ccccc1)C1CC1. The summed E-state index contributed by atoms with van der Waals surface area (Å²) < 4.78 is 0. The van der Waals surface area contributed by atoms with Crippen LogP contribution in [0.3, 0.4) is 0 Å². The molecule has 0 bridgehead atoms. The number of rotatable bonds is 5. The number of carbonyl (C=O) groups excluding carboxylic acids is 1. The van der Waals surface area contributed by atoms with Gasteiger partial charge in [0.1, 0.15) is 0 Å².